The number of hydrogen-bond acceptors (Lipinski definition) is 6. The Morgan fingerprint density at radius 3 is 2.73 bits per heavy atom. The molecule has 0 saturated carbocycles. The van der Waals surface area contributed by atoms with E-state index < -0.39 is 0 Å². The summed E-state index contributed by atoms with van der Waals surface area (Å²) in [5, 5.41) is 12.5. The minimum absolute atomic E-state index is 0.125. The number of carbonyl (C=O) groups is 1. The van der Waals surface area contributed by atoms with Crippen molar-refractivity contribution in [3.8, 4) is 11.5 Å². The van der Waals surface area contributed by atoms with Crippen molar-refractivity contribution in [1.29, 1.82) is 0 Å². The summed E-state index contributed by atoms with van der Waals surface area (Å²) >= 11 is 5.79. The number of rotatable bonds is 5. The van der Waals surface area contributed by atoms with Crippen LogP contribution in [-0.4, -0.2) is 50.1 Å². The molecule has 0 saturated heterocycles. The number of para-hydroxylation sites is 1. The fourth-order valence-electron chi connectivity index (χ4n) is 2.54. The maximum absolute atomic E-state index is 12.3. The summed E-state index contributed by atoms with van der Waals surface area (Å²) in [5.41, 5.74) is 0.569. The van der Waals surface area contributed by atoms with E-state index in [1.54, 1.807) is 4.90 Å². The molecule has 0 radical (unpaired) electrons. The van der Waals surface area contributed by atoms with Crippen LogP contribution >= 0.6 is 11.6 Å². The number of alkyl halides is 1. The largest absolute Gasteiger partial charge is 0.486 e. The third-order valence-electron chi connectivity index (χ3n) is 3.86. The highest BCUT2D eigenvalue weighted by molar-refractivity contribution is 6.27. The van der Waals surface area contributed by atoms with E-state index in [-0.39, 0.29) is 23.9 Å². The van der Waals surface area contributed by atoms with Crippen LogP contribution in [0.1, 0.15) is 32.2 Å². The molecule has 8 nitrogen and oxygen atoms in total. The molecule has 0 unspecified atom stereocenters. The van der Waals surface area contributed by atoms with Crippen LogP contribution in [0.25, 0.3) is 0 Å². The highest BCUT2D eigenvalue weighted by Crippen LogP contribution is 2.34. The van der Waals surface area contributed by atoms with Crippen molar-refractivity contribution in [1.82, 2.24) is 25.1 Å². The van der Waals surface area contributed by atoms with Gasteiger partial charge in [0.2, 0.25) is 5.91 Å². The van der Waals surface area contributed by atoms with Crippen LogP contribution in [0.2, 0.25) is 0 Å². The van der Waals surface area contributed by atoms with Gasteiger partial charge >= 0.3 is 0 Å². The summed E-state index contributed by atoms with van der Waals surface area (Å²) in [6, 6.07) is 5.63. The minimum Gasteiger partial charge on any atom is -0.486 e. The molecule has 0 fully saturated rings. The maximum atomic E-state index is 12.3. The molecule has 1 aromatic carbocycles. The van der Waals surface area contributed by atoms with Crippen LogP contribution in [0.3, 0.4) is 0 Å². The van der Waals surface area contributed by atoms with Crippen LogP contribution in [0.15, 0.2) is 18.2 Å². The molecule has 2 aromatic rings. The predicted octanol–water partition coefficient (Wildman–Crippen LogP) is 1.97. The number of hydrogen-bond donors (Lipinski definition) is 0. The number of tetrazole rings is 1. The lowest BCUT2D eigenvalue weighted by Crippen LogP contribution is -2.32. The second kappa shape index (κ2) is 7.49. The quantitative estimate of drug-likeness (QED) is 0.738. The van der Waals surface area contributed by atoms with Gasteiger partial charge in [-0.05, 0) is 32.1 Å². The Balaban J connectivity index is 1.81. The molecule has 9 heteroatoms. The zero-order valence-electron chi connectivity index (χ0n) is 15.1. The van der Waals surface area contributed by atoms with E-state index in [0.29, 0.717) is 37.1 Å². The molecule has 1 amide bonds. The van der Waals surface area contributed by atoms with E-state index in [1.165, 1.54) is 4.80 Å². The summed E-state index contributed by atoms with van der Waals surface area (Å²) in [7, 11) is 0. The van der Waals surface area contributed by atoms with Gasteiger partial charge in [0.1, 0.15) is 19.1 Å². The van der Waals surface area contributed by atoms with Crippen LogP contribution in [0.5, 0.6) is 11.5 Å². The van der Waals surface area contributed by atoms with Crippen LogP contribution < -0.4 is 9.47 Å². The number of benzene rings is 1. The molecule has 1 aromatic heterocycles. The Morgan fingerprint density at radius 2 is 2.04 bits per heavy atom. The van der Waals surface area contributed by atoms with Crippen molar-refractivity contribution in [2.45, 2.75) is 39.4 Å². The average Bonchev–Trinajstić information content (AvgIpc) is 3.10. The molecule has 1 aliphatic heterocycles. The lowest BCUT2D eigenvalue weighted by Gasteiger charge is -2.25. The second-order valence-electron chi connectivity index (χ2n) is 6.99. The predicted molar refractivity (Wildman–Crippen MR) is 95.2 cm³/mol. The van der Waals surface area contributed by atoms with E-state index in [0.717, 1.165) is 5.56 Å². The number of nitrogens with zero attached hydrogens (tertiary/aromatic N) is 5. The average molecular weight is 380 g/mol. The third kappa shape index (κ3) is 4.07. The summed E-state index contributed by atoms with van der Waals surface area (Å²) in [6.07, 6.45) is 0. The van der Waals surface area contributed by atoms with Gasteiger partial charge in [-0.2, -0.15) is 4.80 Å². The van der Waals surface area contributed by atoms with Gasteiger partial charge in [-0.25, -0.2) is 0 Å². The third-order valence-corrected chi connectivity index (χ3v) is 4.09. The van der Waals surface area contributed by atoms with Gasteiger partial charge in [-0.1, -0.05) is 12.1 Å². The number of fused-ring (bicyclic) bond motifs is 1. The van der Waals surface area contributed by atoms with Crippen molar-refractivity contribution < 1.29 is 14.3 Å². The molecule has 3 rings (SSSR count). The summed E-state index contributed by atoms with van der Waals surface area (Å²) in [4.78, 5) is 15.5. The highest BCUT2D eigenvalue weighted by Gasteiger charge is 2.23. The molecule has 1 aliphatic rings. The van der Waals surface area contributed by atoms with E-state index >= 15 is 0 Å². The first-order chi connectivity index (χ1) is 12.4. The van der Waals surface area contributed by atoms with Gasteiger partial charge in [-0.3, -0.25) is 4.79 Å². The van der Waals surface area contributed by atoms with Crippen molar-refractivity contribution in [2.75, 3.05) is 19.1 Å². The number of ether oxygens (including phenoxy) is 2. The first kappa shape index (κ1) is 18.4. The standard InChI is InChI=1S/C17H22ClN5O3/c1-17(2,3)23-20-14(19-21-23)11-22(15(24)9-18)10-12-5-4-6-13-16(12)26-8-7-25-13/h4-6H,7-11H2,1-3H3. The lowest BCUT2D eigenvalue weighted by molar-refractivity contribution is -0.129. The van der Waals surface area contributed by atoms with Gasteiger partial charge in [0.05, 0.1) is 12.1 Å². The topological polar surface area (TPSA) is 82.4 Å². The minimum atomic E-state index is -0.281. The fraction of sp³-hybridized carbons (Fsp3) is 0.529. The summed E-state index contributed by atoms with van der Waals surface area (Å²) < 4.78 is 11.3. The van der Waals surface area contributed by atoms with E-state index in [4.69, 9.17) is 21.1 Å². The van der Waals surface area contributed by atoms with Crippen molar-refractivity contribution in [3.05, 3.63) is 29.6 Å². The van der Waals surface area contributed by atoms with E-state index in [9.17, 15) is 4.79 Å². The van der Waals surface area contributed by atoms with Crippen LogP contribution in [0, 0.1) is 0 Å². The van der Waals surface area contributed by atoms with Crippen molar-refractivity contribution >= 4 is 17.5 Å². The highest BCUT2D eigenvalue weighted by atomic mass is 35.5. The molecule has 140 valence electrons. The Morgan fingerprint density at radius 1 is 1.27 bits per heavy atom. The molecule has 0 atom stereocenters. The summed E-state index contributed by atoms with van der Waals surface area (Å²) in [6.45, 7) is 7.47. The second-order valence-corrected chi connectivity index (χ2v) is 7.26. The lowest BCUT2D eigenvalue weighted by atomic mass is 10.1. The molecule has 2 heterocycles. The number of halogens is 1. The molecule has 0 aliphatic carbocycles. The van der Waals surface area contributed by atoms with Gasteiger partial charge < -0.3 is 14.4 Å². The van der Waals surface area contributed by atoms with Crippen molar-refractivity contribution in [3.63, 3.8) is 0 Å². The first-order valence-corrected chi connectivity index (χ1v) is 8.92. The maximum Gasteiger partial charge on any atom is 0.238 e. The zero-order chi connectivity index (χ0) is 18.7. The van der Waals surface area contributed by atoms with Gasteiger partial charge in [0.25, 0.3) is 0 Å². The van der Waals surface area contributed by atoms with Gasteiger partial charge in [-0.15, -0.1) is 21.8 Å². The Labute approximate surface area is 157 Å². The number of amides is 1. The van der Waals surface area contributed by atoms with Crippen molar-refractivity contribution in [2.24, 2.45) is 0 Å². The van der Waals surface area contributed by atoms with E-state index in [2.05, 4.69) is 15.4 Å². The Kier molecular flexibility index (Phi) is 5.31. The number of carbonyl (C=O) groups excluding carboxylic acids is 1. The monoisotopic (exact) mass is 379 g/mol. The van der Waals surface area contributed by atoms with Gasteiger partial charge in [0.15, 0.2) is 17.3 Å². The summed E-state index contributed by atoms with van der Waals surface area (Å²) in [5.74, 6) is 1.47. The normalized spacial score (nSPS) is 13.5. The molecule has 0 N–H and O–H groups in total. The molecular formula is C17H22ClN5O3. The van der Waals surface area contributed by atoms with Crippen LogP contribution in [0.4, 0.5) is 0 Å². The molecule has 0 bridgehead atoms. The van der Waals surface area contributed by atoms with E-state index in [1.807, 2.05) is 39.0 Å². The molecule has 26 heavy (non-hydrogen) atoms. The van der Waals surface area contributed by atoms with Gasteiger partial charge in [0, 0.05) is 12.1 Å². The SMILES string of the molecule is CC(C)(C)n1nnc(CN(Cc2cccc3c2OCCO3)C(=O)CCl)n1. The Hall–Kier alpha value is -2.35. The smallest absolute Gasteiger partial charge is 0.238 e. The zero-order valence-corrected chi connectivity index (χ0v) is 15.9. The molecular weight excluding hydrogens is 358 g/mol. The Bertz CT molecular complexity index is 787. The molecule has 0 spiro atoms. The first-order valence-electron chi connectivity index (χ1n) is 8.39. The number of aromatic nitrogens is 4. The fourth-order valence-corrected chi connectivity index (χ4v) is 2.71. The van der Waals surface area contributed by atoms with Crippen LogP contribution in [-0.2, 0) is 23.4 Å².